The molecule has 0 fully saturated rings. The van der Waals surface area contributed by atoms with Crippen LogP contribution in [0.2, 0.25) is 0 Å². The van der Waals surface area contributed by atoms with Crippen LogP contribution in [0.5, 0.6) is 0 Å². The van der Waals surface area contributed by atoms with Gasteiger partial charge in [-0.1, -0.05) is 36.4 Å². The van der Waals surface area contributed by atoms with E-state index in [1.807, 2.05) is 30.3 Å². The Kier molecular flexibility index (Phi) is 2.88. The number of benzene rings is 2. The van der Waals surface area contributed by atoms with E-state index < -0.39 is 6.43 Å². The summed E-state index contributed by atoms with van der Waals surface area (Å²) in [6, 6.07) is 12.0. The average Bonchev–Trinajstić information content (AvgIpc) is 2.53. The molecule has 0 bridgehead atoms. The fourth-order valence-electron chi connectivity index (χ4n) is 3.47. The second kappa shape index (κ2) is 4.76. The van der Waals surface area contributed by atoms with Gasteiger partial charge in [-0.2, -0.15) is 0 Å². The third-order valence-corrected chi connectivity index (χ3v) is 4.44. The maximum Gasteiger partial charge on any atom is 0.280 e. The molecule has 0 saturated heterocycles. The molecule has 1 aliphatic rings. The summed E-state index contributed by atoms with van der Waals surface area (Å²) in [5.74, 6) is 0. The van der Waals surface area contributed by atoms with E-state index in [0.29, 0.717) is 0 Å². The van der Waals surface area contributed by atoms with E-state index in [0.717, 1.165) is 58.5 Å². The predicted octanol–water partition coefficient (Wildman–Crippen LogP) is 5.20. The SMILES string of the molecule is FC(F)c1nc2c(ccc3ccccc32)c2c1CCCC2. The van der Waals surface area contributed by atoms with Gasteiger partial charge in [0.1, 0.15) is 5.69 Å². The lowest BCUT2D eigenvalue weighted by Crippen LogP contribution is -2.10. The Bertz CT molecular complexity index is 839. The molecular formula is C18H15F2N. The summed E-state index contributed by atoms with van der Waals surface area (Å²) in [5.41, 5.74) is 2.60. The maximum atomic E-state index is 13.4. The molecule has 0 spiro atoms. The minimum atomic E-state index is -2.50. The molecule has 21 heavy (non-hydrogen) atoms. The van der Waals surface area contributed by atoms with Gasteiger partial charge < -0.3 is 0 Å². The first-order chi connectivity index (χ1) is 10.3. The van der Waals surface area contributed by atoms with Gasteiger partial charge in [-0.15, -0.1) is 0 Å². The molecule has 1 heterocycles. The van der Waals surface area contributed by atoms with Crippen molar-refractivity contribution in [2.24, 2.45) is 0 Å². The highest BCUT2D eigenvalue weighted by Gasteiger charge is 2.23. The summed E-state index contributed by atoms with van der Waals surface area (Å²) in [5, 5.41) is 3.06. The van der Waals surface area contributed by atoms with E-state index in [1.54, 1.807) is 0 Å². The summed E-state index contributed by atoms with van der Waals surface area (Å²) in [4.78, 5) is 4.37. The lowest BCUT2D eigenvalue weighted by Gasteiger charge is -2.21. The van der Waals surface area contributed by atoms with Gasteiger partial charge in [-0.25, -0.2) is 13.8 Å². The van der Waals surface area contributed by atoms with Crippen molar-refractivity contribution in [2.45, 2.75) is 32.1 Å². The molecule has 1 aliphatic carbocycles. The van der Waals surface area contributed by atoms with Crippen LogP contribution in [0.3, 0.4) is 0 Å². The zero-order valence-electron chi connectivity index (χ0n) is 11.6. The van der Waals surface area contributed by atoms with Gasteiger partial charge in [0.2, 0.25) is 0 Å². The summed E-state index contributed by atoms with van der Waals surface area (Å²) in [7, 11) is 0. The maximum absolute atomic E-state index is 13.4. The summed E-state index contributed by atoms with van der Waals surface area (Å²) < 4.78 is 26.8. The van der Waals surface area contributed by atoms with Gasteiger partial charge in [0.25, 0.3) is 6.43 Å². The number of rotatable bonds is 1. The van der Waals surface area contributed by atoms with E-state index >= 15 is 0 Å². The molecular weight excluding hydrogens is 268 g/mol. The number of hydrogen-bond donors (Lipinski definition) is 0. The molecule has 1 aromatic heterocycles. The quantitative estimate of drug-likeness (QED) is 0.559. The number of pyridine rings is 1. The minimum Gasteiger partial charge on any atom is -0.246 e. The van der Waals surface area contributed by atoms with E-state index in [2.05, 4.69) is 11.1 Å². The molecule has 1 nitrogen and oxygen atoms in total. The number of aryl methyl sites for hydroxylation is 1. The van der Waals surface area contributed by atoms with Crippen molar-refractivity contribution in [3.05, 3.63) is 53.2 Å². The normalized spacial score (nSPS) is 14.8. The van der Waals surface area contributed by atoms with Gasteiger partial charge in [0.15, 0.2) is 0 Å². The second-order valence-corrected chi connectivity index (χ2v) is 5.64. The third kappa shape index (κ3) is 1.91. The van der Waals surface area contributed by atoms with Gasteiger partial charge >= 0.3 is 0 Å². The van der Waals surface area contributed by atoms with Crippen LogP contribution >= 0.6 is 0 Å². The molecule has 3 aromatic rings. The van der Waals surface area contributed by atoms with Crippen molar-refractivity contribution in [3.63, 3.8) is 0 Å². The van der Waals surface area contributed by atoms with Crippen LogP contribution < -0.4 is 0 Å². The Balaban J connectivity index is 2.16. The summed E-state index contributed by atoms with van der Waals surface area (Å²) >= 11 is 0. The van der Waals surface area contributed by atoms with Crippen LogP contribution in [0.4, 0.5) is 8.78 Å². The van der Waals surface area contributed by atoms with E-state index in [-0.39, 0.29) is 5.69 Å². The monoisotopic (exact) mass is 283 g/mol. The molecule has 3 heteroatoms. The second-order valence-electron chi connectivity index (χ2n) is 5.64. The highest BCUT2D eigenvalue weighted by Crippen LogP contribution is 2.36. The minimum absolute atomic E-state index is 0.00597. The molecule has 106 valence electrons. The number of fused-ring (bicyclic) bond motifs is 5. The zero-order chi connectivity index (χ0) is 14.4. The lowest BCUT2D eigenvalue weighted by molar-refractivity contribution is 0.145. The first-order valence-corrected chi connectivity index (χ1v) is 7.37. The van der Waals surface area contributed by atoms with Crippen molar-refractivity contribution in [1.82, 2.24) is 4.98 Å². The number of halogens is 2. The predicted molar refractivity (Wildman–Crippen MR) is 80.8 cm³/mol. The first kappa shape index (κ1) is 12.7. The van der Waals surface area contributed by atoms with Crippen LogP contribution in [0.25, 0.3) is 21.7 Å². The van der Waals surface area contributed by atoms with Gasteiger partial charge in [-0.3, -0.25) is 0 Å². The molecule has 4 rings (SSSR count). The van der Waals surface area contributed by atoms with Crippen molar-refractivity contribution in [2.75, 3.05) is 0 Å². The summed E-state index contributed by atoms with van der Waals surface area (Å²) in [6.07, 6.45) is 1.16. The molecule has 0 N–H and O–H groups in total. The molecule has 0 aliphatic heterocycles. The summed E-state index contributed by atoms with van der Waals surface area (Å²) in [6.45, 7) is 0. The van der Waals surface area contributed by atoms with Gasteiger partial charge in [0.05, 0.1) is 5.52 Å². The zero-order valence-corrected chi connectivity index (χ0v) is 11.6. The smallest absolute Gasteiger partial charge is 0.246 e. The third-order valence-electron chi connectivity index (χ3n) is 4.44. The average molecular weight is 283 g/mol. The number of nitrogens with zero attached hydrogens (tertiary/aromatic N) is 1. The Morgan fingerprint density at radius 1 is 0.857 bits per heavy atom. The topological polar surface area (TPSA) is 12.9 Å². The van der Waals surface area contributed by atoms with Crippen LogP contribution in [0, 0.1) is 0 Å². The number of alkyl halides is 2. The number of aromatic nitrogens is 1. The van der Waals surface area contributed by atoms with Crippen molar-refractivity contribution < 1.29 is 8.78 Å². The largest absolute Gasteiger partial charge is 0.280 e. The molecule has 0 amide bonds. The Morgan fingerprint density at radius 3 is 2.43 bits per heavy atom. The van der Waals surface area contributed by atoms with Crippen LogP contribution in [0.15, 0.2) is 36.4 Å². The standard InChI is InChI=1S/C18H15F2N/c19-18(20)17-14-8-4-3-7-13(14)15-10-9-11-5-1-2-6-12(11)16(15)21-17/h1-2,5-6,9-10,18H,3-4,7-8H2. The Hall–Kier alpha value is -2.03. The van der Waals surface area contributed by atoms with Crippen molar-refractivity contribution in [3.8, 4) is 0 Å². The Morgan fingerprint density at radius 2 is 1.62 bits per heavy atom. The molecule has 0 unspecified atom stereocenters. The highest BCUT2D eigenvalue weighted by atomic mass is 19.3. The molecule has 0 radical (unpaired) electrons. The lowest BCUT2D eigenvalue weighted by atomic mass is 9.87. The first-order valence-electron chi connectivity index (χ1n) is 7.37. The molecule has 0 atom stereocenters. The van der Waals surface area contributed by atoms with E-state index in [9.17, 15) is 8.78 Å². The van der Waals surface area contributed by atoms with Crippen molar-refractivity contribution >= 4 is 21.7 Å². The van der Waals surface area contributed by atoms with Gasteiger partial charge in [0, 0.05) is 10.8 Å². The fraction of sp³-hybridized carbons (Fsp3) is 0.278. The highest BCUT2D eigenvalue weighted by molar-refractivity contribution is 6.06. The van der Waals surface area contributed by atoms with Crippen molar-refractivity contribution in [1.29, 1.82) is 0 Å². The molecule has 2 aromatic carbocycles. The van der Waals surface area contributed by atoms with Crippen LogP contribution in [-0.4, -0.2) is 4.98 Å². The van der Waals surface area contributed by atoms with E-state index in [4.69, 9.17) is 0 Å². The fourth-order valence-corrected chi connectivity index (χ4v) is 3.47. The van der Waals surface area contributed by atoms with Gasteiger partial charge in [-0.05, 0) is 42.2 Å². The number of hydrogen-bond acceptors (Lipinski definition) is 1. The Labute approximate surface area is 121 Å². The van der Waals surface area contributed by atoms with Crippen LogP contribution in [-0.2, 0) is 12.8 Å². The van der Waals surface area contributed by atoms with Crippen LogP contribution in [0.1, 0.15) is 36.1 Å². The van der Waals surface area contributed by atoms with E-state index in [1.165, 1.54) is 0 Å². The molecule has 0 saturated carbocycles.